The third-order valence-electron chi connectivity index (χ3n) is 4.43. The number of aryl methyl sites for hydroxylation is 1. The van der Waals surface area contributed by atoms with Crippen LogP contribution in [0.1, 0.15) is 21.7 Å². The summed E-state index contributed by atoms with van der Waals surface area (Å²) in [7, 11) is 0. The Bertz CT molecular complexity index is 1150. The molecular weight excluding hydrogens is 409 g/mol. The largest absolute Gasteiger partial charge is 0.304 e. The maximum Gasteiger partial charge on any atom is 0.274 e. The number of hydrogen-bond acceptors (Lipinski definition) is 3. The summed E-state index contributed by atoms with van der Waals surface area (Å²) in [5.74, 6) is 0.165. The maximum absolute atomic E-state index is 12.6. The molecule has 2 N–H and O–H groups in total. The first-order valence-corrected chi connectivity index (χ1v) is 9.65. The Morgan fingerprint density at radius 1 is 1.03 bits per heavy atom. The summed E-state index contributed by atoms with van der Waals surface area (Å²) in [5, 5.41) is 15.6. The van der Waals surface area contributed by atoms with Gasteiger partial charge in [-0.15, -0.1) is 0 Å². The van der Waals surface area contributed by atoms with Gasteiger partial charge in [0, 0.05) is 27.4 Å². The molecule has 1 amide bonds. The van der Waals surface area contributed by atoms with Gasteiger partial charge in [-0.05, 0) is 42.8 Å². The number of hydrogen-bond donors (Lipinski definition) is 2. The summed E-state index contributed by atoms with van der Waals surface area (Å²) in [6.07, 6.45) is 0. The fourth-order valence-electron chi connectivity index (χ4n) is 2.88. The van der Waals surface area contributed by atoms with E-state index in [0.29, 0.717) is 33.8 Å². The van der Waals surface area contributed by atoms with Crippen molar-refractivity contribution < 1.29 is 4.79 Å². The van der Waals surface area contributed by atoms with Gasteiger partial charge in [0.05, 0.1) is 12.2 Å². The SMILES string of the molecule is Cc1cc(NC(=O)c2cc(-c3ccc(Cl)cc3)n[nH]2)nn1Cc1ccc(Cl)cc1. The number of nitrogens with zero attached hydrogens (tertiary/aromatic N) is 3. The summed E-state index contributed by atoms with van der Waals surface area (Å²) in [5.41, 5.74) is 3.88. The molecule has 0 radical (unpaired) electrons. The number of carbonyl (C=O) groups is 1. The zero-order valence-electron chi connectivity index (χ0n) is 15.5. The van der Waals surface area contributed by atoms with Crippen molar-refractivity contribution in [2.45, 2.75) is 13.5 Å². The number of rotatable bonds is 5. The van der Waals surface area contributed by atoms with Crippen LogP contribution >= 0.6 is 23.2 Å². The van der Waals surface area contributed by atoms with Crippen molar-refractivity contribution in [3.8, 4) is 11.3 Å². The van der Waals surface area contributed by atoms with Crippen LogP contribution in [0.15, 0.2) is 60.7 Å². The Kier molecular flexibility index (Phi) is 5.38. The first-order valence-electron chi connectivity index (χ1n) is 8.89. The highest BCUT2D eigenvalue weighted by molar-refractivity contribution is 6.30. The van der Waals surface area contributed by atoms with E-state index in [0.717, 1.165) is 16.8 Å². The van der Waals surface area contributed by atoms with Crippen molar-refractivity contribution in [2.24, 2.45) is 0 Å². The lowest BCUT2D eigenvalue weighted by molar-refractivity contribution is 0.102. The van der Waals surface area contributed by atoms with Gasteiger partial charge >= 0.3 is 0 Å². The molecule has 2 heterocycles. The number of aromatic amines is 1. The minimum absolute atomic E-state index is 0.311. The first kappa shape index (κ1) is 19.2. The minimum Gasteiger partial charge on any atom is -0.304 e. The van der Waals surface area contributed by atoms with E-state index < -0.39 is 0 Å². The second kappa shape index (κ2) is 8.11. The smallest absolute Gasteiger partial charge is 0.274 e. The van der Waals surface area contributed by atoms with Crippen LogP contribution in [0.3, 0.4) is 0 Å². The van der Waals surface area contributed by atoms with Gasteiger partial charge in [0.2, 0.25) is 0 Å². The second-order valence-corrected chi connectivity index (χ2v) is 7.46. The molecule has 4 rings (SSSR count). The quantitative estimate of drug-likeness (QED) is 0.461. The van der Waals surface area contributed by atoms with Crippen LogP contribution in [-0.4, -0.2) is 25.9 Å². The normalized spacial score (nSPS) is 10.9. The zero-order valence-corrected chi connectivity index (χ0v) is 17.0. The van der Waals surface area contributed by atoms with Gasteiger partial charge in [-0.1, -0.05) is 47.5 Å². The van der Waals surface area contributed by atoms with Gasteiger partial charge in [0.25, 0.3) is 5.91 Å². The number of aromatic nitrogens is 4. The number of nitrogens with one attached hydrogen (secondary N) is 2. The molecule has 0 fully saturated rings. The van der Waals surface area contributed by atoms with Crippen LogP contribution in [0, 0.1) is 6.92 Å². The van der Waals surface area contributed by atoms with Crippen molar-refractivity contribution >= 4 is 34.9 Å². The molecular formula is C21H17Cl2N5O. The summed E-state index contributed by atoms with van der Waals surface area (Å²) in [6, 6.07) is 18.4. The molecule has 0 atom stereocenters. The van der Waals surface area contributed by atoms with E-state index in [-0.39, 0.29) is 5.91 Å². The summed E-state index contributed by atoms with van der Waals surface area (Å²) in [4.78, 5) is 12.6. The van der Waals surface area contributed by atoms with E-state index in [9.17, 15) is 4.79 Å². The van der Waals surface area contributed by atoms with Crippen LogP contribution in [0.5, 0.6) is 0 Å². The monoisotopic (exact) mass is 425 g/mol. The minimum atomic E-state index is -0.311. The van der Waals surface area contributed by atoms with Crippen LogP contribution in [-0.2, 0) is 6.54 Å². The number of amides is 1. The first-order chi connectivity index (χ1) is 14.0. The van der Waals surface area contributed by atoms with E-state index in [4.69, 9.17) is 23.2 Å². The number of H-pyrrole nitrogens is 1. The average Bonchev–Trinajstić information content (AvgIpc) is 3.32. The van der Waals surface area contributed by atoms with E-state index in [1.807, 2.05) is 54.1 Å². The summed E-state index contributed by atoms with van der Waals surface area (Å²) < 4.78 is 1.82. The summed E-state index contributed by atoms with van der Waals surface area (Å²) >= 11 is 11.8. The lowest BCUT2D eigenvalue weighted by atomic mass is 10.1. The maximum atomic E-state index is 12.6. The lowest BCUT2D eigenvalue weighted by Gasteiger charge is -2.04. The number of anilines is 1. The van der Waals surface area contributed by atoms with Crippen LogP contribution in [0.4, 0.5) is 5.82 Å². The van der Waals surface area contributed by atoms with Crippen molar-refractivity contribution in [1.29, 1.82) is 0 Å². The fraction of sp³-hybridized carbons (Fsp3) is 0.0952. The summed E-state index contributed by atoms with van der Waals surface area (Å²) in [6.45, 7) is 2.52. The number of carbonyl (C=O) groups excluding carboxylic acids is 1. The van der Waals surface area contributed by atoms with Crippen molar-refractivity contribution in [3.63, 3.8) is 0 Å². The molecule has 0 saturated carbocycles. The van der Waals surface area contributed by atoms with Crippen molar-refractivity contribution in [1.82, 2.24) is 20.0 Å². The van der Waals surface area contributed by atoms with Gasteiger partial charge in [-0.25, -0.2) is 0 Å². The Morgan fingerprint density at radius 2 is 1.69 bits per heavy atom. The standard InChI is InChI=1S/C21H17Cl2N5O/c1-13-10-20(27-28(13)12-14-2-6-16(22)7-3-14)24-21(29)19-11-18(25-26-19)15-4-8-17(23)9-5-15/h2-11H,12H2,1H3,(H,25,26)(H,24,27,29). The third kappa shape index (κ3) is 4.50. The molecule has 0 aliphatic heterocycles. The van der Waals surface area contributed by atoms with Gasteiger partial charge in [-0.3, -0.25) is 14.6 Å². The van der Waals surface area contributed by atoms with Gasteiger partial charge in [0.1, 0.15) is 5.69 Å². The molecule has 0 saturated heterocycles. The molecule has 2 aromatic carbocycles. The highest BCUT2D eigenvalue weighted by Gasteiger charge is 2.14. The molecule has 6 nitrogen and oxygen atoms in total. The van der Waals surface area contributed by atoms with Gasteiger partial charge in [-0.2, -0.15) is 10.2 Å². The molecule has 29 heavy (non-hydrogen) atoms. The van der Waals surface area contributed by atoms with Gasteiger partial charge in [0.15, 0.2) is 5.82 Å². The van der Waals surface area contributed by atoms with Crippen molar-refractivity contribution in [3.05, 3.63) is 87.7 Å². The molecule has 0 spiro atoms. The Hall–Kier alpha value is -3.09. The van der Waals surface area contributed by atoms with Crippen LogP contribution in [0.25, 0.3) is 11.3 Å². The topological polar surface area (TPSA) is 75.6 Å². The highest BCUT2D eigenvalue weighted by atomic mass is 35.5. The van der Waals surface area contributed by atoms with Crippen LogP contribution in [0.2, 0.25) is 10.0 Å². The van der Waals surface area contributed by atoms with Crippen LogP contribution < -0.4 is 5.32 Å². The van der Waals surface area contributed by atoms with E-state index in [2.05, 4.69) is 20.6 Å². The van der Waals surface area contributed by atoms with E-state index in [1.54, 1.807) is 18.2 Å². The fourth-order valence-corrected chi connectivity index (χ4v) is 3.14. The highest BCUT2D eigenvalue weighted by Crippen LogP contribution is 2.21. The molecule has 4 aromatic rings. The molecule has 8 heteroatoms. The van der Waals surface area contributed by atoms with Crippen molar-refractivity contribution in [2.75, 3.05) is 5.32 Å². The second-order valence-electron chi connectivity index (χ2n) is 6.58. The Labute approximate surface area is 177 Å². The molecule has 0 bridgehead atoms. The predicted molar refractivity (Wildman–Crippen MR) is 115 cm³/mol. The molecule has 146 valence electrons. The average molecular weight is 426 g/mol. The predicted octanol–water partition coefficient (Wildman–Crippen LogP) is 5.19. The van der Waals surface area contributed by atoms with E-state index >= 15 is 0 Å². The Balaban J connectivity index is 1.46. The Morgan fingerprint density at radius 3 is 2.38 bits per heavy atom. The number of halogens is 2. The third-order valence-corrected chi connectivity index (χ3v) is 4.93. The van der Waals surface area contributed by atoms with Gasteiger partial charge < -0.3 is 5.32 Å². The number of benzene rings is 2. The molecule has 0 aliphatic rings. The molecule has 0 unspecified atom stereocenters. The van der Waals surface area contributed by atoms with E-state index in [1.165, 1.54) is 0 Å². The molecule has 2 aromatic heterocycles. The lowest BCUT2D eigenvalue weighted by Crippen LogP contribution is -2.13. The molecule has 0 aliphatic carbocycles. The zero-order chi connectivity index (χ0) is 20.4.